The van der Waals surface area contributed by atoms with Crippen molar-refractivity contribution in [2.45, 2.75) is 55.7 Å². The van der Waals surface area contributed by atoms with Gasteiger partial charge >= 0.3 is 0 Å². The zero-order valence-corrected chi connectivity index (χ0v) is 18.5. The lowest BCUT2D eigenvalue weighted by Gasteiger charge is -2.38. The maximum atomic E-state index is 13.2. The molecule has 160 valence electrons. The van der Waals surface area contributed by atoms with E-state index in [1.165, 1.54) is 16.4 Å². The molecule has 2 aliphatic rings. The van der Waals surface area contributed by atoms with E-state index >= 15 is 0 Å². The molecule has 4 rings (SSSR count). The van der Waals surface area contributed by atoms with E-state index in [1.54, 1.807) is 12.1 Å². The van der Waals surface area contributed by atoms with Crippen LogP contribution in [0.5, 0.6) is 5.75 Å². The van der Waals surface area contributed by atoms with Gasteiger partial charge in [0.05, 0.1) is 10.9 Å². The third-order valence-electron chi connectivity index (χ3n) is 5.62. The first-order chi connectivity index (χ1) is 14.2. The molecule has 2 atom stereocenters. The summed E-state index contributed by atoms with van der Waals surface area (Å²) in [5, 5.41) is 3.55. The van der Waals surface area contributed by atoms with Gasteiger partial charge in [-0.15, -0.1) is 0 Å². The monoisotopic (exact) mass is 448 g/mol. The third kappa shape index (κ3) is 4.06. The van der Waals surface area contributed by atoms with Crippen LogP contribution < -0.4 is 10.1 Å². The van der Waals surface area contributed by atoms with Crippen molar-refractivity contribution in [3.8, 4) is 5.75 Å². The Kier molecular flexibility index (Phi) is 5.55. The van der Waals surface area contributed by atoms with Crippen LogP contribution in [0.1, 0.15) is 44.7 Å². The number of halogens is 1. The van der Waals surface area contributed by atoms with Gasteiger partial charge in [0, 0.05) is 23.6 Å². The molecule has 1 amide bonds. The minimum atomic E-state index is -3.78. The van der Waals surface area contributed by atoms with Crippen LogP contribution in [0.25, 0.3) is 0 Å². The van der Waals surface area contributed by atoms with E-state index < -0.39 is 21.7 Å². The molecule has 2 aromatic carbocycles. The standard InChI is InChI=1S/C22H25ClN2O4S/c1-22(2)14-18(17-6-3-4-8-20(17)29-22)24-21(26)19-7-5-13-25(19)30(27,28)16-11-9-15(23)10-12-16/h3-4,6,8-12,18-19H,5,7,13-14H2,1-2H3,(H,24,26)/t18-,19+/m1/s1. The third-order valence-corrected chi connectivity index (χ3v) is 7.79. The molecule has 1 N–H and O–H groups in total. The van der Waals surface area contributed by atoms with Gasteiger partial charge in [-0.05, 0) is 57.0 Å². The average molecular weight is 449 g/mol. The average Bonchev–Trinajstić information content (AvgIpc) is 3.18. The van der Waals surface area contributed by atoms with Crippen LogP contribution in [0, 0.1) is 0 Å². The number of fused-ring (bicyclic) bond motifs is 1. The van der Waals surface area contributed by atoms with Crippen molar-refractivity contribution in [3.05, 3.63) is 59.1 Å². The zero-order chi connectivity index (χ0) is 21.5. The Morgan fingerprint density at radius 3 is 2.60 bits per heavy atom. The van der Waals surface area contributed by atoms with Crippen molar-refractivity contribution in [2.75, 3.05) is 6.54 Å². The Bertz CT molecular complexity index is 1050. The predicted molar refractivity (Wildman–Crippen MR) is 115 cm³/mol. The first kappa shape index (κ1) is 21.2. The van der Waals surface area contributed by atoms with Crippen molar-refractivity contribution < 1.29 is 17.9 Å². The highest BCUT2D eigenvalue weighted by molar-refractivity contribution is 7.89. The van der Waals surface area contributed by atoms with Gasteiger partial charge in [-0.3, -0.25) is 4.79 Å². The van der Waals surface area contributed by atoms with Crippen LogP contribution in [-0.4, -0.2) is 36.8 Å². The first-order valence-electron chi connectivity index (χ1n) is 10.0. The molecule has 0 aliphatic carbocycles. The Morgan fingerprint density at radius 1 is 1.17 bits per heavy atom. The molecule has 1 saturated heterocycles. The number of hydrogen-bond donors (Lipinski definition) is 1. The van der Waals surface area contributed by atoms with Gasteiger partial charge in [0.1, 0.15) is 17.4 Å². The van der Waals surface area contributed by atoms with Gasteiger partial charge in [0.2, 0.25) is 15.9 Å². The minimum Gasteiger partial charge on any atom is -0.487 e. The van der Waals surface area contributed by atoms with Crippen molar-refractivity contribution >= 4 is 27.5 Å². The molecule has 30 heavy (non-hydrogen) atoms. The van der Waals surface area contributed by atoms with Gasteiger partial charge in [0.25, 0.3) is 0 Å². The summed E-state index contributed by atoms with van der Waals surface area (Å²) >= 11 is 5.89. The van der Waals surface area contributed by atoms with E-state index in [4.69, 9.17) is 16.3 Å². The number of ether oxygens (including phenoxy) is 1. The van der Waals surface area contributed by atoms with Crippen LogP contribution in [-0.2, 0) is 14.8 Å². The number of benzene rings is 2. The Labute approximate surface area is 182 Å². The molecular formula is C22H25ClN2O4S. The second kappa shape index (κ2) is 7.87. The lowest BCUT2D eigenvalue weighted by atomic mass is 9.89. The van der Waals surface area contributed by atoms with Gasteiger partial charge in [-0.25, -0.2) is 8.42 Å². The van der Waals surface area contributed by atoms with Gasteiger partial charge in [-0.2, -0.15) is 4.31 Å². The number of carbonyl (C=O) groups is 1. The quantitative estimate of drug-likeness (QED) is 0.769. The molecule has 0 saturated carbocycles. The molecular weight excluding hydrogens is 424 g/mol. The number of carbonyl (C=O) groups excluding carboxylic acids is 1. The maximum absolute atomic E-state index is 13.2. The van der Waals surface area contributed by atoms with E-state index in [1.807, 2.05) is 38.1 Å². The summed E-state index contributed by atoms with van der Waals surface area (Å²) in [6.45, 7) is 4.28. The Morgan fingerprint density at radius 2 is 1.87 bits per heavy atom. The van der Waals surface area contributed by atoms with Crippen LogP contribution in [0.2, 0.25) is 5.02 Å². The van der Waals surface area contributed by atoms with E-state index in [2.05, 4.69) is 5.32 Å². The van der Waals surface area contributed by atoms with Crippen molar-refractivity contribution in [1.29, 1.82) is 0 Å². The van der Waals surface area contributed by atoms with Crippen molar-refractivity contribution in [2.24, 2.45) is 0 Å². The zero-order valence-electron chi connectivity index (χ0n) is 17.0. The highest BCUT2D eigenvalue weighted by atomic mass is 35.5. The first-order valence-corrected chi connectivity index (χ1v) is 11.8. The molecule has 8 heteroatoms. The number of hydrogen-bond acceptors (Lipinski definition) is 4. The molecule has 2 heterocycles. The molecule has 2 aliphatic heterocycles. The molecule has 2 aromatic rings. The minimum absolute atomic E-state index is 0.143. The summed E-state index contributed by atoms with van der Waals surface area (Å²) in [5.41, 5.74) is 0.479. The Balaban J connectivity index is 1.57. The number of nitrogens with one attached hydrogen (secondary N) is 1. The van der Waals surface area contributed by atoms with Crippen LogP contribution in [0.3, 0.4) is 0 Å². The largest absolute Gasteiger partial charge is 0.487 e. The molecule has 0 spiro atoms. The summed E-state index contributed by atoms with van der Waals surface area (Å²) < 4.78 is 33.6. The predicted octanol–water partition coefficient (Wildman–Crippen LogP) is 3.91. The summed E-state index contributed by atoms with van der Waals surface area (Å²) in [7, 11) is -3.78. The van der Waals surface area contributed by atoms with E-state index in [-0.39, 0.29) is 16.8 Å². The second-order valence-corrected chi connectivity index (χ2v) is 10.7. The van der Waals surface area contributed by atoms with Gasteiger partial charge < -0.3 is 10.1 Å². The van der Waals surface area contributed by atoms with E-state index in [9.17, 15) is 13.2 Å². The number of amides is 1. The molecule has 0 bridgehead atoms. The second-order valence-electron chi connectivity index (χ2n) is 8.39. The summed E-state index contributed by atoms with van der Waals surface area (Å²) in [6.07, 6.45) is 1.74. The smallest absolute Gasteiger partial charge is 0.243 e. The fraction of sp³-hybridized carbons (Fsp3) is 0.409. The molecule has 0 unspecified atom stereocenters. The highest BCUT2D eigenvalue weighted by Crippen LogP contribution is 2.39. The molecule has 1 fully saturated rings. The number of rotatable bonds is 4. The maximum Gasteiger partial charge on any atom is 0.243 e. The SMILES string of the molecule is CC1(C)C[C@@H](NC(=O)[C@@H]2CCCN2S(=O)(=O)c2ccc(Cl)cc2)c2ccccc2O1. The number of nitrogens with zero attached hydrogens (tertiary/aromatic N) is 1. The van der Waals surface area contributed by atoms with Crippen molar-refractivity contribution in [1.82, 2.24) is 9.62 Å². The highest BCUT2D eigenvalue weighted by Gasteiger charge is 2.41. The lowest BCUT2D eigenvalue weighted by molar-refractivity contribution is -0.125. The Hall–Kier alpha value is -2.09. The van der Waals surface area contributed by atoms with Crippen LogP contribution >= 0.6 is 11.6 Å². The summed E-state index contributed by atoms with van der Waals surface area (Å²) in [4.78, 5) is 13.3. The fourth-order valence-corrected chi connectivity index (χ4v) is 6.01. The van der Waals surface area contributed by atoms with Crippen LogP contribution in [0.15, 0.2) is 53.4 Å². The normalized spacial score (nSPS) is 23.4. The van der Waals surface area contributed by atoms with Gasteiger partial charge in [-0.1, -0.05) is 29.8 Å². The topological polar surface area (TPSA) is 75.7 Å². The molecule has 0 radical (unpaired) electrons. The summed E-state index contributed by atoms with van der Waals surface area (Å²) in [6, 6.07) is 12.7. The number of sulfonamides is 1. The van der Waals surface area contributed by atoms with E-state index in [0.717, 1.165) is 11.3 Å². The molecule has 0 aromatic heterocycles. The van der Waals surface area contributed by atoms with Crippen LogP contribution in [0.4, 0.5) is 0 Å². The number of para-hydroxylation sites is 1. The lowest BCUT2D eigenvalue weighted by Crippen LogP contribution is -2.49. The molecule has 6 nitrogen and oxygen atoms in total. The summed E-state index contributed by atoms with van der Waals surface area (Å²) in [5.74, 6) is 0.471. The van der Waals surface area contributed by atoms with Crippen molar-refractivity contribution in [3.63, 3.8) is 0 Å². The fourth-order valence-electron chi connectivity index (χ4n) is 4.23. The van der Waals surface area contributed by atoms with E-state index in [0.29, 0.717) is 30.8 Å². The van der Waals surface area contributed by atoms with Gasteiger partial charge in [0.15, 0.2) is 0 Å².